The summed E-state index contributed by atoms with van der Waals surface area (Å²) in [5.74, 6) is 1.52. The van der Waals surface area contributed by atoms with Gasteiger partial charge in [0.05, 0.1) is 0 Å². The third-order valence-corrected chi connectivity index (χ3v) is 3.31. The molecule has 1 aliphatic heterocycles. The molecule has 1 heterocycles. The lowest BCUT2D eigenvalue weighted by Crippen LogP contribution is -2.40. The fourth-order valence-corrected chi connectivity index (χ4v) is 2.50. The van der Waals surface area contributed by atoms with Gasteiger partial charge in [-0.1, -0.05) is 12.5 Å². The largest absolute Gasteiger partial charge is 0.448 e. The summed E-state index contributed by atoms with van der Waals surface area (Å²) in [6.07, 6.45) is 5.80. The maximum absolute atomic E-state index is 5.99. The first kappa shape index (κ1) is 9.08. The maximum Gasteiger partial charge on any atom is 0.251 e. The van der Waals surface area contributed by atoms with Crippen LogP contribution in [0.15, 0.2) is 18.2 Å². The van der Waals surface area contributed by atoms with Gasteiger partial charge in [-0.15, -0.1) is 0 Å². The number of hydrogen-bond donors (Lipinski definition) is 0. The molecule has 0 unspecified atom stereocenters. The molecule has 0 bridgehead atoms. The molecule has 0 amide bonds. The molecule has 1 aliphatic carbocycles. The summed E-state index contributed by atoms with van der Waals surface area (Å²) in [6, 6.07) is 6.16. The van der Waals surface area contributed by atoms with E-state index in [1.165, 1.54) is 24.8 Å². The van der Waals surface area contributed by atoms with Crippen molar-refractivity contribution in [1.29, 1.82) is 0 Å². The topological polar surface area (TPSA) is 18.5 Å². The Morgan fingerprint density at radius 1 is 1.00 bits per heavy atom. The molecule has 3 rings (SSSR count). The van der Waals surface area contributed by atoms with Crippen molar-refractivity contribution < 1.29 is 9.47 Å². The van der Waals surface area contributed by atoms with Gasteiger partial charge in [-0.05, 0) is 37.5 Å². The van der Waals surface area contributed by atoms with Crippen LogP contribution in [-0.4, -0.2) is 5.79 Å². The van der Waals surface area contributed by atoms with Crippen LogP contribution in [0, 0.1) is 6.92 Å². The van der Waals surface area contributed by atoms with E-state index in [1.54, 1.807) is 0 Å². The van der Waals surface area contributed by atoms with Crippen LogP contribution in [0.5, 0.6) is 11.5 Å². The van der Waals surface area contributed by atoms with Gasteiger partial charge < -0.3 is 9.47 Å². The lowest BCUT2D eigenvalue weighted by atomic mass is 9.94. The highest BCUT2D eigenvalue weighted by Crippen LogP contribution is 2.45. The van der Waals surface area contributed by atoms with E-state index in [2.05, 4.69) is 19.1 Å². The predicted octanol–water partition coefficient (Wildman–Crippen LogP) is 3.43. The van der Waals surface area contributed by atoms with Crippen molar-refractivity contribution in [2.24, 2.45) is 0 Å². The van der Waals surface area contributed by atoms with E-state index in [4.69, 9.17) is 9.47 Å². The minimum absolute atomic E-state index is 0.325. The fraction of sp³-hybridized carbons (Fsp3) is 0.538. The van der Waals surface area contributed by atoms with E-state index in [9.17, 15) is 0 Å². The van der Waals surface area contributed by atoms with Crippen molar-refractivity contribution in [3.63, 3.8) is 0 Å². The highest BCUT2D eigenvalue weighted by atomic mass is 16.7. The monoisotopic (exact) mass is 204 g/mol. The predicted molar refractivity (Wildman–Crippen MR) is 58.3 cm³/mol. The molecule has 2 heteroatoms. The minimum Gasteiger partial charge on any atom is -0.448 e. The standard InChI is InChI=1S/C13H16O2/c1-10-5-6-11-12(9-10)15-13(14-11)7-3-2-4-8-13/h5-6,9H,2-4,7-8H2,1H3. The Hall–Kier alpha value is -1.18. The lowest BCUT2D eigenvalue weighted by molar-refractivity contribution is -0.105. The van der Waals surface area contributed by atoms with Crippen LogP contribution in [0.1, 0.15) is 37.7 Å². The Balaban J connectivity index is 1.90. The van der Waals surface area contributed by atoms with Gasteiger partial charge in [0.25, 0.3) is 5.79 Å². The maximum atomic E-state index is 5.99. The Morgan fingerprint density at radius 3 is 2.53 bits per heavy atom. The summed E-state index contributed by atoms with van der Waals surface area (Å²) in [6.45, 7) is 2.08. The van der Waals surface area contributed by atoms with E-state index >= 15 is 0 Å². The molecule has 1 aromatic carbocycles. The van der Waals surface area contributed by atoms with E-state index < -0.39 is 0 Å². The second kappa shape index (κ2) is 3.16. The highest BCUT2D eigenvalue weighted by Gasteiger charge is 2.42. The molecule has 1 aromatic rings. The van der Waals surface area contributed by atoms with Crippen molar-refractivity contribution in [2.45, 2.75) is 44.8 Å². The zero-order valence-corrected chi connectivity index (χ0v) is 9.08. The van der Waals surface area contributed by atoms with Gasteiger partial charge in [0.2, 0.25) is 0 Å². The second-order valence-electron chi connectivity index (χ2n) is 4.63. The fourth-order valence-electron chi connectivity index (χ4n) is 2.50. The van der Waals surface area contributed by atoms with Crippen molar-refractivity contribution in [3.8, 4) is 11.5 Å². The van der Waals surface area contributed by atoms with Crippen LogP contribution in [0.4, 0.5) is 0 Å². The minimum atomic E-state index is -0.325. The van der Waals surface area contributed by atoms with Crippen molar-refractivity contribution >= 4 is 0 Å². The third-order valence-electron chi connectivity index (χ3n) is 3.31. The van der Waals surface area contributed by atoms with E-state index in [1.807, 2.05) is 6.07 Å². The molecule has 0 radical (unpaired) electrons. The molecule has 0 N–H and O–H groups in total. The van der Waals surface area contributed by atoms with Gasteiger partial charge in [0.1, 0.15) is 0 Å². The molecule has 1 saturated carbocycles. The van der Waals surface area contributed by atoms with Crippen LogP contribution in [0.2, 0.25) is 0 Å². The molecule has 0 aromatic heterocycles. The van der Waals surface area contributed by atoms with Crippen LogP contribution in [-0.2, 0) is 0 Å². The molecule has 15 heavy (non-hydrogen) atoms. The van der Waals surface area contributed by atoms with Crippen LogP contribution in [0.3, 0.4) is 0 Å². The van der Waals surface area contributed by atoms with Crippen molar-refractivity contribution in [3.05, 3.63) is 23.8 Å². The summed E-state index contributed by atoms with van der Waals surface area (Å²) in [5.41, 5.74) is 1.23. The first-order valence-corrected chi connectivity index (χ1v) is 5.76. The SMILES string of the molecule is Cc1ccc2c(c1)OC1(CCCCC1)O2. The van der Waals surface area contributed by atoms with E-state index in [0.717, 1.165) is 24.3 Å². The van der Waals surface area contributed by atoms with Gasteiger partial charge in [-0.25, -0.2) is 0 Å². The molecular formula is C13H16O2. The quantitative estimate of drug-likeness (QED) is 0.644. The van der Waals surface area contributed by atoms with Gasteiger partial charge in [-0.2, -0.15) is 0 Å². The Labute approximate surface area is 90.2 Å². The Bertz CT molecular complexity index is 378. The Morgan fingerprint density at radius 2 is 1.73 bits per heavy atom. The van der Waals surface area contributed by atoms with Crippen LogP contribution in [0.25, 0.3) is 0 Å². The molecule has 1 fully saturated rings. The number of ether oxygens (including phenoxy) is 2. The lowest BCUT2D eigenvalue weighted by Gasteiger charge is -2.31. The smallest absolute Gasteiger partial charge is 0.251 e. The zero-order chi connectivity index (χ0) is 10.3. The number of hydrogen-bond acceptors (Lipinski definition) is 2. The van der Waals surface area contributed by atoms with Crippen LogP contribution < -0.4 is 9.47 Å². The van der Waals surface area contributed by atoms with E-state index in [0.29, 0.717) is 0 Å². The molecule has 0 atom stereocenters. The van der Waals surface area contributed by atoms with Gasteiger partial charge in [-0.3, -0.25) is 0 Å². The molecule has 0 saturated heterocycles. The molecule has 80 valence electrons. The molecule has 2 nitrogen and oxygen atoms in total. The first-order chi connectivity index (χ1) is 7.27. The van der Waals surface area contributed by atoms with Gasteiger partial charge >= 0.3 is 0 Å². The average Bonchev–Trinajstić information content (AvgIpc) is 2.56. The summed E-state index contributed by atoms with van der Waals surface area (Å²) >= 11 is 0. The summed E-state index contributed by atoms with van der Waals surface area (Å²) < 4.78 is 12.0. The summed E-state index contributed by atoms with van der Waals surface area (Å²) in [4.78, 5) is 0. The molecule has 1 spiro atoms. The number of rotatable bonds is 0. The summed E-state index contributed by atoms with van der Waals surface area (Å²) in [5, 5.41) is 0. The first-order valence-electron chi connectivity index (χ1n) is 5.76. The highest BCUT2D eigenvalue weighted by molar-refractivity contribution is 5.45. The summed E-state index contributed by atoms with van der Waals surface area (Å²) in [7, 11) is 0. The number of fused-ring (bicyclic) bond motifs is 1. The van der Waals surface area contributed by atoms with Gasteiger partial charge in [0, 0.05) is 12.8 Å². The molecule has 2 aliphatic rings. The van der Waals surface area contributed by atoms with E-state index in [-0.39, 0.29) is 5.79 Å². The average molecular weight is 204 g/mol. The number of aryl methyl sites for hydroxylation is 1. The van der Waals surface area contributed by atoms with Crippen molar-refractivity contribution in [2.75, 3.05) is 0 Å². The second-order valence-corrected chi connectivity index (χ2v) is 4.63. The van der Waals surface area contributed by atoms with Crippen LogP contribution >= 0.6 is 0 Å². The number of benzene rings is 1. The third kappa shape index (κ3) is 1.48. The normalized spacial score (nSPS) is 21.9. The molecular weight excluding hydrogens is 188 g/mol. The zero-order valence-electron chi connectivity index (χ0n) is 9.08. The van der Waals surface area contributed by atoms with Crippen molar-refractivity contribution in [1.82, 2.24) is 0 Å². The Kier molecular flexibility index (Phi) is 1.91. The van der Waals surface area contributed by atoms with Gasteiger partial charge in [0.15, 0.2) is 11.5 Å².